The van der Waals surface area contributed by atoms with Crippen LogP contribution < -0.4 is 10.2 Å². The highest BCUT2D eigenvalue weighted by Crippen LogP contribution is 2.29. The summed E-state index contributed by atoms with van der Waals surface area (Å²) in [6, 6.07) is 8.06. The normalized spacial score (nSPS) is 11.6. The van der Waals surface area contributed by atoms with Gasteiger partial charge in [-0.15, -0.1) is 10.2 Å². The van der Waals surface area contributed by atoms with Crippen LogP contribution in [0.3, 0.4) is 0 Å². The van der Waals surface area contributed by atoms with Gasteiger partial charge >= 0.3 is 0 Å². The van der Waals surface area contributed by atoms with E-state index < -0.39 is 11.9 Å². The summed E-state index contributed by atoms with van der Waals surface area (Å²) in [6.07, 6.45) is 1.48. The third kappa shape index (κ3) is 3.99. The SMILES string of the molecule is Cc1nnc(S/C(=C\c2cc(C)n(-c3ccc(C(=O)[O-])cc3)c2C)C(=O)[O-])o1. The van der Waals surface area contributed by atoms with Gasteiger partial charge in [-0.1, -0.05) is 12.1 Å². The topological polar surface area (TPSA) is 124 Å². The van der Waals surface area contributed by atoms with Gasteiger partial charge in [0, 0.05) is 28.9 Å². The number of aliphatic carboxylic acids is 1. The second-order valence-corrected chi connectivity index (χ2v) is 6.97. The molecule has 3 aromatic rings. The van der Waals surface area contributed by atoms with Gasteiger partial charge in [0.2, 0.25) is 5.89 Å². The molecular weight excluding hydrogens is 382 g/mol. The minimum Gasteiger partial charge on any atom is -0.545 e. The molecule has 0 spiro atoms. The Morgan fingerprint density at radius 2 is 1.79 bits per heavy atom. The van der Waals surface area contributed by atoms with Crippen molar-refractivity contribution in [2.45, 2.75) is 26.0 Å². The van der Waals surface area contributed by atoms with Crippen LogP contribution in [0.4, 0.5) is 0 Å². The highest BCUT2D eigenvalue weighted by molar-refractivity contribution is 8.03. The van der Waals surface area contributed by atoms with Crippen LogP contribution in [-0.4, -0.2) is 26.7 Å². The van der Waals surface area contributed by atoms with E-state index in [0.717, 1.165) is 28.8 Å². The number of hydrogen-bond donors (Lipinski definition) is 0. The Morgan fingerprint density at radius 3 is 2.32 bits per heavy atom. The van der Waals surface area contributed by atoms with Crippen LogP contribution in [0, 0.1) is 20.8 Å². The smallest absolute Gasteiger partial charge is 0.281 e. The average molecular weight is 397 g/mol. The first-order valence-corrected chi connectivity index (χ1v) is 8.99. The van der Waals surface area contributed by atoms with E-state index in [1.165, 1.54) is 18.2 Å². The standard InChI is InChI=1S/C19H17N3O5S/c1-10-8-14(9-16(18(25)26)28-19-21-20-12(3)27-19)11(2)22(10)15-6-4-13(5-7-15)17(23)24/h4-9H,1-3H3,(H,23,24)(H,25,26)/p-2/b16-9-. The fourth-order valence-electron chi connectivity index (χ4n) is 2.76. The van der Waals surface area contributed by atoms with E-state index in [1.54, 1.807) is 19.1 Å². The van der Waals surface area contributed by atoms with E-state index in [-0.39, 0.29) is 15.7 Å². The van der Waals surface area contributed by atoms with Crippen molar-refractivity contribution in [2.75, 3.05) is 0 Å². The summed E-state index contributed by atoms with van der Waals surface area (Å²) in [4.78, 5) is 22.4. The Labute approximate surface area is 164 Å². The van der Waals surface area contributed by atoms with Crippen LogP contribution in [0.2, 0.25) is 0 Å². The summed E-state index contributed by atoms with van der Waals surface area (Å²) in [7, 11) is 0. The van der Waals surface area contributed by atoms with E-state index in [4.69, 9.17) is 4.42 Å². The molecule has 8 nitrogen and oxygen atoms in total. The van der Waals surface area contributed by atoms with E-state index >= 15 is 0 Å². The summed E-state index contributed by atoms with van der Waals surface area (Å²) in [6.45, 7) is 5.31. The van der Waals surface area contributed by atoms with Crippen LogP contribution in [0.15, 0.2) is 44.9 Å². The van der Waals surface area contributed by atoms with Gasteiger partial charge in [-0.3, -0.25) is 0 Å². The van der Waals surface area contributed by atoms with Crippen molar-refractivity contribution in [3.05, 3.63) is 63.6 Å². The zero-order valence-corrected chi connectivity index (χ0v) is 16.1. The zero-order chi connectivity index (χ0) is 20.4. The number of benzene rings is 1. The highest BCUT2D eigenvalue weighted by Gasteiger charge is 2.13. The molecule has 0 saturated heterocycles. The van der Waals surface area contributed by atoms with Crippen LogP contribution in [-0.2, 0) is 4.79 Å². The van der Waals surface area contributed by atoms with Gasteiger partial charge in [0.15, 0.2) is 0 Å². The van der Waals surface area contributed by atoms with Crippen molar-refractivity contribution < 1.29 is 24.2 Å². The predicted molar refractivity (Wildman–Crippen MR) is 97.4 cm³/mol. The monoisotopic (exact) mass is 397 g/mol. The average Bonchev–Trinajstić information content (AvgIpc) is 3.17. The number of hydrogen-bond acceptors (Lipinski definition) is 8. The lowest BCUT2D eigenvalue weighted by Gasteiger charge is -2.11. The maximum Gasteiger partial charge on any atom is 0.281 e. The highest BCUT2D eigenvalue weighted by atomic mass is 32.2. The fraction of sp³-hybridized carbons (Fsp3) is 0.158. The summed E-state index contributed by atoms with van der Waals surface area (Å²) in [5.74, 6) is -2.27. The molecule has 0 fully saturated rings. The molecule has 3 rings (SSSR count). The second kappa shape index (κ2) is 7.73. The van der Waals surface area contributed by atoms with Gasteiger partial charge in [-0.05, 0) is 61.0 Å². The maximum absolute atomic E-state index is 11.5. The number of aryl methyl sites for hydroxylation is 2. The number of thioether (sulfide) groups is 1. The third-order valence-electron chi connectivity index (χ3n) is 4.02. The van der Waals surface area contributed by atoms with Crippen molar-refractivity contribution in [3.63, 3.8) is 0 Å². The Kier molecular flexibility index (Phi) is 5.36. The van der Waals surface area contributed by atoms with Crippen LogP contribution in [0.25, 0.3) is 11.8 Å². The van der Waals surface area contributed by atoms with Crippen LogP contribution >= 0.6 is 11.8 Å². The molecule has 1 aromatic carbocycles. The minimum absolute atomic E-state index is 0.0730. The minimum atomic E-state index is -1.36. The number of nitrogens with zero attached hydrogens (tertiary/aromatic N) is 3. The van der Waals surface area contributed by atoms with E-state index in [1.807, 2.05) is 24.5 Å². The van der Waals surface area contributed by atoms with Crippen molar-refractivity contribution in [1.29, 1.82) is 0 Å². The molecular formula is C19H15N3O5S-2. The van der Waals surface area contributed by atoms with E-state index in [9.17, 15) is 19.8 Å². The molecule has 0 aliphatic carbocycles. The van der Waals surface area contributed by atoms with Gasteiger partial charge in [-0.2, -0.15) is 0 Å². The van der Waals surface area contributed by atoms with Gasteiger partial charge in [0.1, 0.15) is 0 Å². The quantitative estimate of drug-likeness (QED) is 0.446. The molecule has 0 bridgehead atoms. The first kappa shape index (κ1) is 19.4. The van der Waals surface area contributed by atoms with Gasteiger partial charge in [0.25, 0.3) is 5.22 Å². The van der Waals surface area contributed by atoms with Gasteiger partial charge in [-0.25, -0.2) is 0 Å². The molecule has 0 unspecified atom stereocenters. The van der Waals surface area contributed by atoms with Crippen molar-refractivity contribution in [2.24, 2.45) is 0 Å². The molecule has 0 atom stereocenters. The first-order valence-electron chi connectivity index (χ1n) is 8.18. The second-order valence-electron chi connectivity index (χ2n) is 5.98. The summed E-state index contributed by atoms with van der Waals surface area (Å²) in [5, 5.41) is 30.0. The Morgan fingerprint density at radius 1 is 1.11 bits per heavy atom. The summed E-state index contributed by atoms with van der Waals surface area (Å²) in [5.41, 5.74) is 3.12. The van der Waals surface area contributed by atoms with Crippen molar-refractivity contribution >= 4 is 29.8 Å². The Hall–Kier alpha value is -3.33. The third-order valence-corrected chi connectivity index (χ3v) is 4.87. The Bertz CT molecular complexity index is 1080. The molecule has 144 valence electrons. The van der Waals surface area contributed by atoms with E-state index in [2.05, 4.69) is 10.2 Å². The molecule has 0 aliphatic rings. The Balaban J connectivity index is 1.98. The number of carboxylic acid groups (broad SMARTS) is 2. The number of rotatable bonds is 6. The molecule has 0 N–H and O–H groups in total. The largest absolute Gasteiger partial charge is 0.545 e. The molecule has 0 saturated carbocycles. The molecule has 28 heavy (non-hydrogen) atoms. The van der Waals surface area contributed by atoms with Gasteiger partial charge in [0.05, 0.1) is 11.9 Å². The number of carbonyl (C=O) groups is 2. The molecule has 9 heteroatoms. The number of aromatic nitrogens is 3. The maximum atomic E-state index is 11.5. The molecule has 2 aromatic heterocycles. The number of carbonyl (C=O) groups excluding carboxylic acids is 2. The van der Waals surface area contributed by atoms with Gasteiger partial charge < -0.3 is 28.8 Å². The molecule has 2 heterocycles. The molecule has 0 radical (unpaired) electrons. The zero-order valence-electron chi connectivity index (χ0n) is 15.3. The van der Waals surface area contributed by atoms with Crippen molar-refractivity contribution in [1.82, 2.24) is 14.8 Å². The fourth-order valence-corrected chi connectivity index (χ4v) is 3.46. The van der Waals surface area contributed by atoms with Crippen molar-refractivity contribution in [3.8, 4) is 5.69 Å². The summed E-state index contributed by atoms with van der Waals surface area (Å²) >= 11 is 0.815. The van der Waals surface area contributed by atoms with Crippen LogP contribution in [0.1, 0.15) is 33.2 Å². The first-order chi connectivity index (χ1) is 13.3. The number of carboxylic acids is 2. The lowest BCUT2D eigenvalue weighted by atomic mass is 10.2. The lowest BCUT2D eigenvalue weighted by Crippen LogP contribution is -2.23. The lowest BCUT2D eigenvalue weighted by molar-refractivity contribution is -0.298. The number of aromatic carboxylic acids is 1. The van der Waals surface area contributed by atoms with E-state index in [0.29, 0.717) is 11.5 Å². The molecule has 0 aliphatic heterocycles. The molecule has 0 amide bonds. The summed E-state index contributed by atoms with van der Waals surface area (Å²) < 4.78 is 7.10. The van der Waals surface area contributed by atoms with Crippen LogP contribution in [0.5, 0.6) is 0 Å². The predicted octanol–water partition coefficient (Wildman–Crippen LogP) is 1.03.